The van der Waals surface area contributed by atoms with Gasteiger partial charge in [0, 0.05) is 12.6 Å². The van der Waals surface area contributed by atoms with Crippen molar-refractivity contribution in [3.8, 4) is 0 Å². The molecule has 0 bridgehead atoms. The van der Waals surface area contributed by atoms with E-state index >= 15 is 0 Å². The van der Waals surface area contributed by atoms with Gasteiger partial charge < -0.3 is 10.5 Å². The molecule has 1 radical (unpaired) electrons. The van der Waals surface area contributed by atoms with Gasteiger partial charge in [0.25, 0.3) is 0 Å². The van der Waals surface area contributed by atoms with Gasteiger partial charge in [0.2, 0.25) is 0 Å². The Morgan fingerprint density at radius 3 is 2.43 bits per heavy atom. The molecule has 0 spiro atoms. The molecular formula is C5H10NO. The van der Waals surface area contributed by atoms with Crippen LogP contribution in [0, 0.1) is 6.92 Å². The third kappa shape index (κ3) is 0.924. The molecule has 2 nitrogen and oxygen atoms in total. The van der Waals surface area contributed by atoms with Crippen molar-refractivity contribution in [1.29, 1.82) is 0 Å². The first-order valence-corrected chi connectivity index (χ1v) is 2.51. The number of ether oxygens (including phenoxy) is 1. The Hall–Kier alpha value is -0.0800. The highest BCUT2D eigenvalue weighted by atomic mass is 16.5. The highest BCUT2D eigenvalue weighted by molar-refractivity contribution is 4.80. The fraction of sp³-hybridized carbons (Fsp3) is 0.800. The summed E-state index contributed by atoms with van der Waals surface area (Å²) in [5.41, 5.74) is 5.36. The maximum atomic E-state index is 5.36. The Morgan fingerprint density at radius 2 is 2.43 bits per heavy atom. The molecule has 41 valence electrons. The smallest absolute Gasteiger partial charge is 0.0747 e. The van der Waals surface area contributed by atoms with E-state index in [2.05, 4.69) is 6.92 Å². The Morgan fingerprint density at radius 1 is 1.86 bits per heavy atom. The Balaban J connectivity index is 2.14. The molecule has 0 aromatic carbocycles. The van der Waals surface area contributed by atoms with E-state index in [4.69, 9.17) is 10.5 Å². The Bertz CT molecular complexity index is 59.1. The highest BCUT2D eigenvalue weighted by Gasteiger charge is 2.21. The van der Waals surface area contributed by atoms with Crippen molar-refractivity contribution in [2.75, 3.05) is 6.61 Å². The van der Waals surface area contributed by atoms with Crippen LogP contribution < -0.4 is 5.73 Å². The highest BCUT2D eigenvalue weighted by Crippen LogP contribution is 2.12. The lowest BCUT2D eigenvalue weighted by Gasteiger charge is -2.29. The summed E-state index contributed by atoms with van der Waals surface area (Å²) in [7, 11) is 0. The molecule has 1 rings (SSSR count). The van der Waals surface area contributed by atoms with E-state index in [-0.39, 0.29) is 12.1 Å². The van der Waals surface area contributed by atoms with Crippen LogP contribution in [0.3, 0.4) is 0 Å². The molecule has 0 aromatic heterocycles. The summed E-state index contributed by atoms with van der Waals surface area (Å²) in [6.45, 7) is 4.48. The number of hydrogen-bond donors (Lipinski definition) is 1. The van der Waals surface area contributed by atoms with E-state index in [9.17, 15) is 0 Å². The minimum atomic E-state index is -0.0197. The molecule has 2 heteroatoms. The average Bonchev–Trinajstić information content (AvgIpc) is 1.23. The fourth-order valence-electron chi connectivity index (χ4n) is 0.592. The summed E-state index contributed by atoms with van der Waals surface area (Å²) in [6.07, 6.45) is 1.34. The molecule has 1 heterocycles. The van der Waals surface area contributed by atoms with Gasteiger partial charge in [0.1, 0.15) is 0 Å². The summed E-state index contributed by atoms with van der Waals surface area (Å²) in [6, 6.07) is -0.0197. The van der Waals surface area contributed by atoms with Gasteiger partial charge in [-0.05, 0) is 13.3 Å². The summed E-state index contributed by atoms with van der Waals surface area (Å²) in [5.74, 6) is 0. The zero-order valence-corrected chi connectivity index (χ0v) is 4.26. The summed E-state index contributed by atoms with van der Waals surface area (Å²) < 4.78 is 5.00. The van der Waals surface area contributed by atoms with Crippen LogP contribution in [-0.2, 0) is 4.74 Å². The third-order valence-corrected chi connectivity index (χ3v) is 1.21. The molecular weight excluding hydrogens is 90.1 g/mol. The predicted molar refractivity (Wildman–Crippen MR) is 27.7 cm³/mol. The van der Waals surface area contributed by atoms with E-state index in [1.54, 1.807) is 0 Å². The van der Waals surface area contributed by atoms with Gasteiger partial charge >= 0.3 is 0 Å². The first kappa shape index (κ1) is 5.06. The van der Waals surface area contributed by atoms with Crippen LogP contribution in [0.1, 0.15) is 6.42 Å². The van der Waals surface area contributed by atoms with Gasteiger partial charge in [-0.2, -0.15) is 0 Å². The zero-order chi connectivity index (χ0) is 5.28. The zero-order valence-electron chi connectivity index (χ0n) is 4.26. The second-order valence-corrected chi connectivity index (χ2v) is 1.86. The van der Waals surface area contributed by atoms with E-state index < -0.39 is 0 Å². The van der Waals surface area contributed by atoms with Gasteiger partial charge in [0.15, 0.2) is 0 Å². The minimum Gasteiger partial charge on any atom is -0.376 e. The van der Waals surface area contributed by atoms with Crippen LogP contribution in [0.15, 0.2) is 0 Å². The Labute approximate surface area is 43.6 Å². The molecule has 0 saturated carbocycles. The van der Waals surface area contributed by atoms with Crippen LogP contribution >= 0.6 is 0 Å². The number of nitrogens with two attached hydrogens (primary N) is 1. The molecule has 2 unspecified atom stereocenters. The average molecular weight is 100 g/mol. The van der Waals surface area contributed by atoms with Crippen molar-refractivity contribution in [2.24, 2.45) is 5.73 Å². The lowest BCUT2D eigenvalue weighted by Crippen LogP contribution is -2.41. The standard InChI is InChI=1S/C5H10NO/c1-4(6)5-2-3-7-5/h4-5H,1-3,6H2. The van der Waals surface area contributed by atoms with Crippen LogP contribution in [0.25, 0.3) is 0 Å². The SMILES string of the molecule is [CH2]C(N)C1CCO1. The van der Waals surface area contributed by atoms with Gasteiger partial charge in [-0.1, -0.05) is 0 Å². The van der Waals surface area contributed by atoms with Crippen LogP contribution in [0.5, 0.6) is 0 Å². The molecule has 1 aliphatic rings. The second kappa shape index (κ2) is 1.80. The lowest BCUT2D eigenvalue weighted by molar-refractivity contribution is -0.0568. The molecule has 0 aliphatic carbocycles. The van der Waals surface area contributed by atoms with Crippen molar-refractivity contribution in [3.63, 3.8) is 0 Å². The van der Waals surface area contributed by atoms with Gasteiger partial charge in [-0.15, -0.1) is 0 Å². The molecule has 2 N–H and O–H groups in total. The van der Waals surface area contributed by atoms with Crippen LogP contribution in [-0.4, -0.2) is 18.8 Å². The summed E-state index contributed by atoms with van der Waals surface area (Å²) in [4.78, 5) is 0. The molecule has 1 aliphatic heterocycles. The van der Waals surface area contributed by atoms with Crippen molar-refractivity contribution >= 4 is 0 Å². The summed E-state index contributed by atoms with van der Waals surface area (Å²) in [5, 5.41) is 0. The third-order valence-electron chi connectivity index (χ3n) is 1.21. The first-order valence-electron chi connectivity index (χ1n) is 2.51. The maximum absolute atomic E-state index is 5.36. The fourth-order valence-corrected chi connectivity index (χ4v) is 0.592. The number of hydrogen-bond acceptors (Lipinski definition) is 2. The summed E-state index contributed by atoms with van der Waals surface area (Å²) >= 11 is 0. The number of rotatable bonds is 1. The predicted octanol–water partition coefficient (Wildman–Crippen LogP) is -0.0633. The molecule has 2 atom stereocenters. The van der Waals surface area contributed by atoms with Crippen molar-refractivity contribution in [3.05, 3.63) is 6.92 Å². The monoisotopic (exact) mass is 100 g/mol. The van der Waals surface area contributed by atoms with E-state index in [0.717, 1.165) is 13.0 Å². The Kier molecular flexibility index (Phi) is 1.30. The first-order chi connectivity index (χ1) is 3.30. The van der Waals surface area contributed by atoms with Crippen LogP contribution in [0.4, 0.5) is 0 Å². The van der Waals surface area contributed by atoms with Gasteiger partial charge in [-0.3, -0.25) is 0 Å². The van der Waals surface area contributed by atoms with Crippen molar-refractivity contribution in [1.82, 2.24) is 0 Å². The normalized spacial score (nSPS) is 34.3. The molecule has 7 heavy (non-hydrogen) atoms. The van der Waals surface area contributed by atoms with E-state index in [0.29, 0.717) is 0 Å². The minimum absolute atomic E-state index is 0.0197. The van der Waals surface area contributed by atoms with Gasteiger partial charge in [0.05, 0.1) is 6.10 Å². The molecule has 0 aromatic rings. The molecule has 0 amide bonds. The molecule has 1 fully saturated rings. The molecule has 1 saturated heterocycles. The van der Waals surface area contributed by atoms with Gasteiger partial charge in [-0.25, -0.2) is 0 Å². The van der Waals surface area contributed by atoms with E-state index in [1.165, 1.54) is 0 Å². The maximum Gasteiger partial charge on any atom is 0.0747 e. The topological polar surface area (TPSA) is 35.2 Å². The van der Waals surface area contributed by atoms with Crippen molar-refractivity contribution in [2.45, 2.75) is 18.6 Å². The van der Waals surface area contributed by atoms with Crippen LogP contribution in [0.2, 0.25) is 0 Å². The largest absolute Gasteiger partial charge is 0.376 e. The quantitative estimate of drug-likeness (QED) is 0.501. The van der Waals surface area contributed by atoms with Crippen molar-refractivity contribution < 1.29 is 4.74 Å². The van der Waals surface area contributed by atoms with E-state index in [1.807, 2.05) is 0 Å². The second-order valence-electron chi connectivity index (χ2n) is 1.86. The lowest BCUT2D eigenvalue weighted by atomic mass is 10.1.